The van der Waals surface area contributed by atoms with Gasteiger partial charge in [-0.2, -0.15) is 0 Å². The fourth-order valence-electron chi connectivity index (χ4n) is 2.33. The first-order chi connectivity index (χ1) is 11.3. The van der Waals surface area contributed by atoms with Crippen molar-refractivity contribution in [2.45, 2.75) is 20.0 Å². The Bertz CT molecular complexity index is 677. The zero-order valence-corrected chi connectivity index (χ0v) is 15.9. The lowest BCUT2D eigenvalue weighted by Crippen LogP contribution is -2.36. The molecule has 1 aliphatic heterocycles. The summed E-state index contributed by atoms with van der Waals surface area (Å²) in [6.07, 6.45) is 0. The summed E-state index contributed by atoms with van der Waals surface area (Å²) >= 11 is 0. The highest BCUT2D eigenvalue weighted by Gasteiger charge is 2.12. The van der Waals surface area contributed by atoms with E-state index in [1.54, 1.807) is 0 Å². The van der Waals surface area contributed by atoms with Crippen molar-refractivity contribution in [1.29, 1.82) is 0 Å². The van der Waals surface area contributed by atoms with Crippen LogP contribution in [0.2, 0.25) is 0 Å². The second kappa shape index (κ2) is 9.36. The molecule has 0 bridgehead atoms. The predicted molar refractivity (Wildman–Crippen MR) is 106 cm³/mol. The van der Waals surface area contributed by atoms with E-state index in [4.69, 9.17) is 9.47 Å². The van der Waals surface area contributed by atoms with E-state index >= 15 is 0 Å². The van der Waals surface area contributed by atoms with Crippen molar-refractivity contribution in [3.63, 3.8) is 0 Å². The maximum atomic E-state index is 5.40. The van der Waals surface area contributed by atoms with Crippen LogP contribution in [-0.2, 0) is 13.1 Å². The van der Waals surface area contributed by atoms with Crippen LogP contribution in [0, 0.1) is 0 Å². The van der Waals surface area contributed by atoms with Crippen LogP contribution in [0.5, 0.6) is 11.5 Å². The number of guanidine groups is 1. The maximum Gasteiger partial charge on any atom is 0.231 e. The molecule has 6 heteroatoms. The van der Waals surface area contributed by atoms with E-state index in [2.05, 4.69) is 34.7 Å². The SMILES string of the molecule is CCNC(=NCc1ccc2c(c1)OCO2)NCc1ccccc1.I. The molecule has 0 aliphatic carbocycles. The standard InChI is InChI=1S/C18H21N3O2.HI/c1-2-19-18(20-11-14-6-4-3-5-7-14)21-12-15-8-9-16-17(10-15)23-13-22-16;/h3-10H,2,11-13H2,1H3,(H2,19,20,21);1H. The molecule has 24 heavy (non-hydrogen) atoms. The van der Waals surface area contributed by atoms with Gasteiger partial charge in [0.25, 0.3) is 0 Å². The summed E-state index contributed by atoms with van der Waals surface area (Å²) in [7, 11) is 0. The molecule has 1 aliphatic rings. The fraction of sp³-hybridized carbons (Fsp3) is 0.278. The highest BCUT2D eigenvalue weighted by molar-refractivity contribution is 14.0. The molecule has 0 saturated carbocycles. The summed E-state index contributed by atoms with van der Waals surface area (Å²) in [6.45, 7) is 4.50. The third-order valence-electron chi connectivity index (χ3n) is 3.50. The van der Waals surface area contributed by atoms with E-state index in [1.165, 1.54) is 5.56 Å². The van der Waals surface area contributed by atoms with Crippen LogP contribution in [0.25, 0.3) is 0 Å². The Labute approximate surface area is 159 Å². The van der Waals surface area contributed by atoms with Crippen molar-refractivity contribution >= 4 is 29.9 Å². The zero-order valence-electron chi connectivity index (χ0n) is 13.6. The van der Waals surface area contributed by atoms with Crippen LogP contribution in [-0.4, -0.2) is 19.3 Å². The van der Waals surface area contributed by atoms with Gasteiger partial charge in [0.2, 0.25) is 6.79 Å². The molecule has 0 spiro atoms. The Morgan fingerprint density at radius 1 is 1.00 bits per heavy atom. The number of rotatable bonds is 5. The predicted octanol–water partition coefficient (Wildman–Crippen LogP) is 3.29. The van der Waals surface area contributed by atoms with Crippen molar-refractivity contribution in [1.82, 2.24) is 10.6 Å². The molecule has 3 rings (SSSR count). The fourth-order valence-corrected chi connectivity index (χ4v) is 2.33. The van der Waals surface area contributed by atoms with E-state index in [-0.39, 0.29) is 24.0 Å². The summed E-state index contributed by atoms with van der Waals surface area (Å²) in [5, 5.41) is 6.60. The van der Waals surface area contributed by atoms with Crippen LogP contribution in [0.15, 0.2) is 53.5 Å². The third-order valence-corrected chi connectivity index (χ3v) is 3.50. The maximum absolute atomic E-state index is 5.40. The number of fused-ring (bicyclic) bond motifs is 1. The molecule has 2 N–H and O–H groups in total. The first-order valence-electron chi connectivity index (χ1n) is 7.80. The average molecular weight is 439 g/mol. The highest BCUT2D eigenvalue weighted by atomic mass is 127. The summed E-state index contributed by atoms with van der Waals surface area (Å²) in [5.74, 6) is 2.39. The molecule has 5 nitrogen and oxygen atoms in total. The summed E-state index contributed by atoms with van der Waals surface area (Å²) in [6, 6.07) is 16.2. The summed E-state index contributed by atoms with van der Waals surface area (Å²) < 4.78 is 10.7. The minimum atomic E-state index is 0. The van der Waals surface area contributed by atoms with Gasteiger partial charge < -0.3 is 20.1 Å². The normalized spacial score (nSPS) is 12.5. The van der Waals surface area contributed by atoms with Gasteiger partial charge in [0.15, 0.2) is 17.5 Å². The van der Waals surface area contributed by atoms with E-state index in [0.717, 1.165) is 36.1 Å². The number of nitrogens with zero attached hydrogens (tertiary/aromatic N) is 1. The van der Waals surface area contributed by atoms with Crippen LogP contribution in [0.3, 0.4) is 0 Å². The van der Waals surface area contributed by atoms with Gasteiger partial charge in [0, 0.05) is 13.1 Å². The number of halogens is 1. The van der Waals surface area contributed by atoms with Crippen molar-refractivity contribution in [2.75, 3.05) is 13.3 Å². The molecule has 0 unspecified atom stereocenters. The van der Waals surface area contributed by atoms with Gasteiger partial charge in [-0.25, -0.2) is 4.99 Å². The first kappa shape index (κ1) is 18.4. The number of aliphatic imine (C=N–C) groups is 1. The molecule has 128 valence electrons. The Balaban J connectivity index is 0.00000208. The number of benzene rings is 2. The van der Waals surface area contributed by atoms with Gasteiger partial charge in [-0.3, -0.25) is 0 Å². The van der Waals surface area contributed by atoms with Gasteiger partial charge in [-0.1, -0.05) is 36.4 Å². The van der Waals surface area contributed by atoms with Gasteiger partial charge in [0.1, 0.15) is 0 Å². The van der Waals surface area contributed by atoms with Crippen molar-refractivity contribution < 1.29 is 9.47 Å². The van der Waals surface area contributed by atoms with E-state index in [1.807, 2.05) is 36.4 Å². The first-order valence-corrected chi connectivity index (χ1v) is 7.80. The number of hydrogen-bond acceptors (Lipinski definition) is 3. The van der Waals surface area contributed by atoms with Crippen LogP contribution < -0.4 is 20.1 Å². The molecule has 1 heterocycles. The largest absolute Gasteiger partial charge is 0.454 e. The van der Waals surface area contributed by atoms with Gasteiger partial charge in [0.05, 0.1) is 6.54 Å². The lowest BCUT2D eigenvalue weighted by atomic mass is 10.2. The second-order valence-corrected chi connectivity index (χ2v) is 5.22. The van der Waals surface area contributed by atoms with Gasteiger partial charge in [-0.15, -0.1) is 24.0 Å². The highest BCUT2D eigenvalue weighted by Crippen LogP contribution is 2.32. The van der Waals surface area contributed by atoms with Gasteiger partial charge in [-0.05, 0) is 30.2 Å². The monoisotopic (exact) mass is 439 g/mol. The Morgan fingerprint density at radius 2 is 1.79 bits per heavy atom. The Kier molecular flexibility index (Phi) is 7.17. The quantitative estimate of drug-likeness (QED) is 0.427. The van der Waals surface area contributed by atoms with Gasteiger partial charge >= 0.3 is 0 Å². The summed E-state index contributed by atoms with van der Waals surface area (Å²) in [4.78, 5) is 4.62. The number of nitrogens with one attached hydrogen (secondary N) is 2. The molecule has 0 amide bonds. The molecule has 0 aromatic heterocycles. The molecule has 0 saturated heterocycles. The summed E-state index contributed by atoms with van der Waals surface area (Å²) in [5.41, 5.74) is 2.31. The van der Waals surface area contributed by atoms with Crippen molar-refractivity contribution in [3.8, 4) is 11.5 Å². The third kappa shape index (κ3) is 5.02. The van der Waals surface area contributed by atoms with Crippen molar-refractivity contribution in [2.24, 2.45) is 4.99 Å². The molecule has 0 atom stereocenters. The zero-order chi connectivity index (χ0) is 15.9. The van der Waals surface area contributed by atoms with E-state index in [0.29, 0.717) is 13.3 Å². The van der Waals surface area contributed by atoms with E-state index in [9.17, 15) is 0 Å². The second-order valence-electron chi connectivity index (χ2n) is 5.22. The Morgan fingerprint density at radius 3 is 2.58 bits per heavy atom. The molecule has 0 fully saturated rings. The van der Waals surface area contributed by atoms with Crippen LogP contribution in [0.4, 0.5) is 0 Å². The number of ether oxygens (including phenoxy) is 2. The molecule has 2 aromatic carbocycles. The minimum absolute atomic E-state index is 0. The Hall–Kier alpha value is -1.96. The average Bonchev–Trinajstić information content (AvgIpc) is 3.06. The minimum Gasteiger partial charge on any atom is -0.454 e. The lowest BCUT2D eigenvalue weighted by molar-refractivity contribution is 0.174. The van der Waals surface area contributed by atoms with Crippen molar-refractivity contribution in [3.05, 3.63) is 59.7 Å². The molecular weight excluding hydrogens is 417 g/mol. The number of hydrogen-bond donors (Lipinski definition) is 2. The van der Waals surface area contributed by atoms with E-state index < -0.39 is 0 Å². The smallest absolute Gasteiger partial charge is 0.231 e. The molecule has 2 aromatic rings. The topological polar surface area (TPSA) is 54.9 Å². The molecular formula is C18H22IN3O2. The van der Waals surface area contributed by atoms with Crippen LogP contribution in [0.1, 0.15) is 18.1 Å². The van der Waals surface area contributed by atoms with Crippen LogP contribution >= 0.6 is 24.0 Å². The molecule has 0 radical (unpaired) electrons. The lowest BCUT2D eigenvalue weighted by Gasteiger charge is -2.11.